The lowest BCUT2D eigenvalue weighted by molar-refractivity contribution is 0.129. The second-order valence-corrected chi connectivity index (χ2v) is 5.54. The van der Waals surface area contributed by atoms with Crippen molar-refractivity contribution >= 4 is 0 Å². The number of hydrogen-bond donors (Lipinski definition) is 1. The maximum absolute atomic E-state index is 6.73. The molecule has 0 amide bonds. The van der Waals surface area contributed by atoms with E-state index in [4.69, 9.17) is 10.5 Å². The number of benzene rings is 1. The first kappa shape index (κ1) is 17.0. The summed E-state index contributed by atoms with van der Waals surface area (Å²) in [6, 6.07) is 8.52. The predicted molar refractivity (Wildman–Crippen MR) is 86.2 cm³/mol. The molecule has 20 heavy (non-hydrogen) atoms. The Morgan fingerprint density at radius 3 is 2.10 bits per heavy atom. The number of rotatable bonds is 8. The van der Waals surface area contributed by atoms with E-state index in [1.54, 1.807) is 7.11 Å². The summed E-state index contributed by atoms with van der Waals surface area (Å²) in [5.41, 5.74) is 7.55. The van der Waals surface area contributed by atoms with Crippen molar-refractivity contribution in [1.82, 2.24) is 4.90 Å². The SMILES string of the molecule is CCCC(N(CC)CC)C(C)(N)c1ccc(OC)cc1. The largest absolute Gasteiger partial charge is 0.497 e. The Hall–Kier alpha value is -1.06. The fourth-order valence-electron chi connectivity index (χ4n) is 2.94. The van der Waals surface area contributed by atoms with Gasteiger partial charge in [-0.3, -0.25) is 4.90 Å². The zero-order chi connectivity index (χ0) is 15.2. The first-order valence-corrected chi connectivity index (χ1v) is 7.68. The lowest BCUT2D eigenvalue weighted by Crippen LogP contribution is -2.54. The molecule has 0 aliphatic heterocycles. The van der Waals surface area contributed by atoms with Crippen LogP contribution < -0.4 is 10.5 Å². The Morgan fingerprint density at radius 1 is 1.15 bits per heavy atom. The van der Waals surface area contributed by atoms with E-state index >= 15 is 0 Å². The molecule has 2 atom stereocenters. The van der Waals surface area contributed by atoms with Crippen LogP contribution in [0.3, 0.4) is 0 Å². The van der Waals surface area contributed by atoms with Gasteiger partial charge in [0.05, 0.1) is 12.6 Å². The second-order valence-electron chi connectivity index (χ2n) is 5.54. The Balaban J connectivity index is 3.06. The van der Waals surface area contributed by atoms with Crippen LogP contribution in [0.25, 0.3) is 0 Å². The van der Waals surface area contributed by atoms with Crippen LogP contribution in [0.4, 0.5) is 0 Å². The summed E-state index contributed by atoms with van der Waals surface area (Å²) >= 11 is 0. The molecule has 0 spiro atoms. The first-order valence-electron chi connectivity index (χ1n) is 7.68. The van der Waals surface area contributed by atoms with Crippen molar-refractivity contribution in [1.29, 1.82) is 0 Å². The van der Waals surface area contributed by atoms with Crippen LogP contribution in [0.15, 0.2) is 24.3 Å². The minimum Gasteiger partial charge on any atom is -0.497 e. The summed E-state index contributed by atoms with van der Waals surface area (Å²) in [5.74, 6) is 0.874. The summed E-state index contributed by atoms with van der Waals surface area (Å²) < 4.78 is 5.23. The van der Waals surface area contributed by atoms with Crippen LogP contribution in [0, 0.1) is 0 Å². The van der Waals surface area contributed by atoms with E-state index in [0.717, 1.165) is 31.7 Å². The summed E-state index contributed by atoms with van der Waals surface area (Å²) in [7, 11) is 1.69. The molecule has 0 aromatic heterocycles. The van der Waals surface area contributed by atoms with Crippen LogP contribution in [-0.2, 0) is 5.54 Å². The van der Waals surface area contributed by atoms with E-state index < -0.39 is 0 Å². The highest BCUT2D eigenvalue weighted by Crippen LogP contribution is 2.29. The Bertz CT molecular complexity index is 382. The molecular formula is C17H30N2O. The fourth-order valence-corrected chi connectivity index (χ4v) is 2.94. The maximum atomic E-state index is 6.73. The molecule has 1 aromatic carbocycles. The zero-order valence-electron chi connectivity index (χ0n) is 13.6. The van der Waals surface area contributed by atoms with Gasteiger partial charge in [0.1, 0.15) is 5.75 Å². The second kappa shape index (κ2) is 7.65. The molecule has 3 heteroatoms. The van der Waals surface area contributed by atoms with E-state index in [9.17, 15) is 0 Å². The molecule has 3 nitrogen and oxygen atoms in total. The summed E-state index contributed by atoms with van der Waals surface area (Å²) in [5, 5.41) is 0. The molecule has 0 saturated heterocycles. The third-order valence-electron chi connectivity index (χ3n) is 4.22. The molecule has 0 fully saturated rings. The smallest absolute Gasteiger partial charge is 0.118 e. The summed E-state index contributed by atoms with van der Waals surface area (Å²) in [6.45, 7) is 10.8. The quantitative estimate of drug-likeness (QED) is 0.792. The minimum atomic E-state index is -0.353. The van der Waals surface area contributed by atoms with Crippen molar-refractivity contribution < 1.29 is 4.74 Å². The van der Waals surface area contributed by atoms with Crippen molar-refractivity contribution in [3.8, 4) is 5.75 Å². The van der Waals surface area contributed by atoms with Crippen LogP contribution in [-0.4, -0.2) is 31.1 Å². The fraction of sp³-hybridized carbons (Fsp3) is 0.647. The van der Waals surface area contributed by atoms with Gasteiger partial charge >= 0.3 is 0 Å². The van der Waals surface area contributed by atoms with Gasteiger partial charge in [0.25, 0.3) is 0 Å². The molecule has 0 saturated carbocycles. The highest BCUT2D eigenvalue weighted by molar-refractivity contribution is 5.32. The van der Waals surface area contributed by atoms with E-state index in [-0.39, 0.29) is 5.54 Å². The molecule has 0 radical (unpaired) electrons. The molecule has 2 unspecified atom stereocenters. The van der Waals surface area contributed by atoms with Crippen LogP contribution >= 0.6 is 0 Å². The number of nitrogens with zero attached hydrogens (tertiary/aromatic N) is 1. The highest BCUT2D eigenvalue weighted by Gasteiger charge is 2.34. The summed E-state index contributed by atoms with van der Waals surface area (Å²) in [6.07, 6.45) is 2.25. The number of likely N-dealkylation sites (N-methyl/N-ethyl adjacent to an activating group) is 1. The molecule has 1 rings (SSSR count). The van der Waals surface area contributed by atoms with Crippen LogP contribution in [0.2, 0.25) is 0 Å². The van der Waals surface area contributed by atoms with Crippen molar-refractivity contribution in [2.45, 2.75) is 52.1 Å². The average molecular weight is 278 g/mol. The Labute approximate surface area is 124 Å². The van der Waals surface area contributed by atoms with Gasteiger partial charge in [-0.15, -0.1) is 0 Å². The lowest BCUT2D eigenvalue weighted by Gasteiger charge is -2.41. The van der Waals surface area contributed by atoms with Crippen molar-refractivity contribution in [2.24, 2.45) is 5.73 Å². The minimum absolute atomic E-state index is 0.353. The van der Waals surface area contributed by atoms with Crippen molar-refractivity contribution in [2.75, 3.05) is 20.2 Å². The third kappa shape index (κ3) is 3.74. The number of methoxy groups -OCH3 is 1. The van der Waals surface area contributed by atoms with Gasteiger partial charge in [-0.1, -0.05) is 39.3 Å². The van der Waals surface area contributed by atoms with Gasteiger partial charge < -0.3 is 10.5 Å². The van der Waals surface area contributed by atoms with E-state index in [1.807, 2.05) is 12.1 Å². The standard InChI is InChI=1S/C17H30N2O/c1-6-9-16(19(7-2)8-3)17(4,18)14-10-12-15(20-5)13-11-14/h10-13,16H,6-9,18H2,1-5H3. The molecule has 0 aliphatic carbocycles. The highest BCUT2D eigenvalue weighted by atomic mass is 16.5. The predicted octanol–water partition coefficient (Wildman–Crippen LogP) is 3.38. The molecule has 0 aliphatic rings. The van der Waals surface area contributed by atoms with Gasteiger partial charge in [-0.25, -0.2) is 0 Å². The molecule has 0 bridgehead atoms. The Kier molecular flexibility index (Phi) is 6.50. The van der Waals surface area contributed by atoms with E-state index in [0.29, 0.717) is 6.04 Å². The van der Waals surface area contributed by atoms with Gasteiger partial charge in [0.2, 0.25) is 0 Å². The van der Waals surface area contributed by atoms with Gasteiger partial charge in [-0.2, -0.15) is 0 Å². The number of hydrogen-bond acceptors (Lipinski definition) is 3. The van der Waals surface area contributed by atoms with Crippen molar-refractivity contribution in [3.05, 3.63) is 29.8 Å². The van der Waals surface area contributed by atoms with E-state index in [1.165, 1.54) is 5.56 Å². The monoisotopic (exact) mass is 278 g/mol. The molecule has 0 heterocycles. The topological polar surface area (TPSA) is 38.5 Å². The van der Waals surface area contributed by atoms with Gasteiger partial charge in [0, 0.05) is 6.04 Å². The lowest BCUT2D eigenvalue weighted by atomic mass is 9.82. The van der Waals surface area contributed by atoms with Crippen molar-refractivity contribution in [3.63, 3.8) is 0 Å². The maximum Gasteiger partial charge on any atom is 0.118 e. The number of nitrogens with two attached hydrogens (primary N) is 1. The molecular weight excluding hydrogens is 248 g/mol. The third-order valence-corrected chi connectivity index (χ3v) is 4.22. The molecule has 114 valence electrons. The number of ether oxygens (including phenoxy) is 1. The zero-order valence-corrected chi connectivity index (χ0v) is 13.6. The van der Waals surface area contributed by atoms with Crippen LogP contribution in [0.1, 0.15) is 46.1 Å². The molecule has 1 aromatic rings. The molecule has 2 N–H and O–H groups in total. The Morgan fingerprint density at radius 2 is 1.70 bits per heavy atom. The van der Waals surface area contributed by atoms with Crippen LogP contribution in [0.5, 0.6) is 5.75 Å². The van der Waals surface area contributed by atoms with Gasteiger partial charge in [-0.05, 0) is 44.1 Å². The first-order chi connectivity index (χ1) is 9.51. The average Bonchev–Trinajstić information content (AvgIpc) is 2.47. The van der Waals surface area contributed by atoms with E-state index in [2.05, 4.69) is 44.7 Å². The summed E-state index contributed by atoms with van der Waals surface area (Å²) in [4.78, 5) is 2.47. The van der Waals surface area contributed by atoms with Gasteiger partial charge in [0.15, 0.2) is 0 Å². The normalized spacial score (nSPS) is 15.9.